The van der Waals surface area contributed by atoms with E-state index in [0.29, 0.717) is 6.61 Å². The van der Waals surface area contributed by atoms with Gasteiger partial charge in [0.05, 0.1) is 12.0 Å². The summed E-state index contributed by atoms with van der Waals surface area (Å²) in [5, 5.41) is 0.233. The molecule has 1 aliphatic rings. The molecule has 0 radical (unpaired) electrons. The average molecular weight is 291 g/mol. The number of hydrogen-bond donors (Lipinski definition) is 1. The van der Waals surface area contributed by atoms with Crippen LogP contribution in [-0.4, -0.2) is 42.1 Å². The topological polar surface area (TPSA) is 58.2 Å². The summed E-state index contributed by atoms with van der Waals surface area (Å²) in [4.78, 5) is 20.7. The molecule has 1 aliphatic carbocycles. The Hall–Kier alpha value is -1.95. The number of fused-ring (bicyclic) bond motifs is 1. The smallest absolute Gasteiger partial charge is 0.297 e. The summed E-state index contributed by atoms with van der Waals surface area (Å²) in [5.74, 6) is -0.516. The fraction of sp³-hybridized carbons (Fsp3) is 0.467. The highest BCUT2D eigenvalue weighted by Crippen LogP contribution is 2.46. The summed E-state index contributed by atoms with van der Waals surface area (Å²) in [6.45, 7) is 1.41. The minimum Gasteiger partial charge on any atom is -0.464 e. The molecule has 112 valence electrons. The Balaban J connectivity index is 1.82. The molecule has 1 saturated carbocycles. The monoisotopic (exact) mass is 291 g/mol. The second kappa shape index (κ2) is 5.11. The highest BCUT2D eigenvalue weighted by Gasteiger charge is 2.44. The minimum absolute atomic E-state index is 0.0497. The van der Waals surface area contributed by atoms with Crippen molar-refractivity contribution in [1.82, 2.24) is 14.9 Å². The van der Waals surface area contributed by atoms with Crippen molar-refractivity contribution in [2.75, 3.05) is 27.2 Å². The number of H-pyrrole nitrogens is 1. The number of halogens is 1. The summed E-state index contributed by atoms with van der Waals surface area (Å²) in [6.07, 6.45) is 2.19. The molecule has 0 atom stereocenters. The number of aromatic amines is 1. The van der Waals surface area contributed by atoms with Crippen LogP contribution in [0.3, 0.4) is 0 Å². The number of hydrogen-bond acceptors (Lipinski definition) is 4. The summed E-state index contributed by atoms with van der Waals surface area (Å²) >= 11 is 0. The third kappa shape index (κ3) is 2.90. The van der Waals surface area contributed by atoms with Crippen molar-refractivity contribution >= 4 is 10.9 Å². The van der Waals surface area contributed by atoms with Crippen LogP contribution >= 0.6 is 0 Å². The van der Waals surface area contributed by atoms with Gasteiger partial charge in [-0.2, -0.15) is 4.98 Å². The molecule has 0 bridgehead atoms. The molecule has 3 rings (SSSR count). The number of nitrogens with one attached hydrogen (secondary N) is 1. The number of rotatable bonds is 5. The molecule has 1 heterocycles. The van der Waals surface area contributed by atoms with E-state index < -0.39 is 5.82 Å². The zero-order valence-corrected chi connectivity index (χ0v) is 12.1. The van der Waals surface area contributed by atoms with Crippen molar-refractivity contribution in [3.63, 3.8) is 0 Å². The van der Waals surface area contributed by atoms with Crippen molar-refractivity contribution < 1.29 is 9.13 Å². The van der Waals surface area contributed by atoms with Crippen LogP contribution in [0.1, 0.15) is 12.8 Å². The molecule has 6 heteroatoms. The van der Waals surface area contributed by atoms with Crippen molar-refractivity contribution in [1.29, 1.82) is 0 Å². The van der Waals surface area contributed by atoms with Gasteiger partial charge in [-0.1, -0.05) is 6.07 Å². The molecular weight excluding hydrogens is 273 g/mol. The van der Waals surface area contributed by atoms with E-state index in [1.807, 2.05) is 14.1 Å². The Morgan fingerprint density at radius 2 is 2.19 bits per heavy atom. The predicted molar refractivity (Wildman–Crippen MR) is 78.0 cm³/mol. The van der Waals surface area contributed by atoms with Crippen LogP contribution in [0, 0.1) is 11.2 Å². The lowest BCUT2D eigenvalue weighted by molar-refractivity contribution is 0.183. The van der Waals surface area contributed by atoms with E-state index in [9.17, 15) is 9.18 Å². The zero-order valence-electron chi connectivity index (χ0n) is 12.1. The van der Waals surface area contributed by atoms with E-state index in [-0.39, 0.29) is 27.9 Å². The van der Waals surface area contributed by atoms with Crippen molar-refractivity contribution in [3.8, 4) is 6.01 Å². The van der Waals surface area contributed by atoms with Gasteiger partial charge >= 0.3 is 0 Å². The number of para-hydroxylation sites is 1. The maximum absolute atomic E-state index is 13.7. The molecule has 21 heavy (non-hydrogen) atoms. The third-order valence-electron chi connectivity index (χ3n) is 3.79. The summed E-state index contributed by atoms with van der Waals surface area (Å²) in [5.41, 5.74) is -0.202. The lowest BCUT2D eigenvalue weighted by Crippen LogP contribution is -2.28. The molecule has 1 aromatic heterocycles. The van der Waals surface area contributed by atoms with Gasteiger partial charge in [0.15, 0.2) is 0 Å². The van der Waals surface area contributed by atoms with E-state index in [0.717, 1.165) is 19.4 Å². The normalized spacial score (nSPS) is 16.4. The number of nitrogens with zero attached hydrogens (tertiary/aromatic N) is 2. The van der Waals surface area contributed by atoms with Crippen molar-refractivity contribution in [2.24, 2.45) is 5.41 Å². The Labute approximate surface area is 121 Å². The van der Waals surface area contributed by atoms with Crippen molar-refractivity contribution in [3.05, 3.63) is 34.4 Å². The average Bonchev–Trinajstić information content (AvgIpc) is 3.17. The Morgan fingerprint density at radius 3 is 2.86 bits per heavy atom. The van der Waals surface area contributed by atoms with Gasteiger partial charge in [-0.3, -0.25) is 9.78 Å². The number of ether oxygens (including phenoxy) is 1. The molecule has 0 spiro atoms. The molecule has 2 aromatic rings. The van der Waals surface area contributed by atoms with Crippen LogP contribution < -0.4 is 10.3 Å². The molecule has 5 nitrogen and oxygen atoms in total. The van der Waals surface area contributed by atoms with Crippen molar-refractivity contribution in [2.45, 2.75) is 12.8 Å². The predicted octanol–water partition coefficient (Wildman–Crippen LogP) is 1.78. The number of aromatic nitrogens is 2. The second-order valence-corrected chi connectivity index (χ2v) is 6.03. The molecule has 0 aliphatic heterocycles. The van der Waals surface area contributed by atoms with E-state index in [2.05, 4.69) is 14.9 Å². The highest BCUT2D eigenvalue weighted by atomic mass is 19.1. The first-order valence-corrected chi connectivity index (χ1v) is 6.95. The molecule has 0 amide bonds. The van der Waals surface area contributed by atoms with Gasteiger partial charge in [-0.25, -0.2) is 4.39 Å². The molecule has 1 fully saturated rings. The van der Waals surface area contributed by atoms with Crippen LogP contribution in [0.25, 0.3) is 10.9 Å². The zero-order chi connectivity index (χ0) is 15.0. The highest BCUT2D eigenvalue weighted by molar-refractivity contribution is 5.78. The molecule has 0 unspecified atom stereocenters. The molecular formula is C15H18FN3O2. The molecule has 1 aromatic carbocycles. The Kier molecular flexibility index (Phi) is 3.41. The van der Waals surface area contributed by atoms with Crippen LogP contribution in [-0.2, 0) is 0 Å². The maximum Gasteiger partial charge on any atom is 0.297 e. The van der Waals surface area contributed by atoms with Crippen LogP contribution in [0.4, 0.5) is 4.39 Å². The van der Waals surface area contributed by atoms with Crippen LogP contribution in [0.2, 0.25) is 0 Å². The lowest BCUT2D eigenvalue weighted by Gasteiger charge is -2.19. The fourth-order valence-electron chi connectivity index (χ4n) is 2.59. The Bertz CT molecular complexity index is 722. The largest absolute Gasteiger partial charge is 0.464 e. The first-order valence-electron chi connectivity index (χ1n) is 6.95. The van der Waals surface area contributed by atoms with Gasteiger partial charge in [-0.15, -0.1) is 0 Å². The molecule has 0 saturated heterocycles. The Morgan fingerprint density at radius 1 is 1.43 bits per heavy atom. The second-order valence-electron chi connectivity index (χ2n) is 6.03. The van der Waals surface area contributed by atoms with Gasteiger partial charge in [0, 0.05) is 12.0 Å². The van der Waals surface area contributed by atoms with Gasteiger partial charge in [-0.05, 0) is 39.1 Å². The van der Waals surface area contributed by atoms with E-state index in [1.54, 1.807) is 6.07 Å². The lowest BCUT2D eigenvalue weighted by atomic mass is 10.1. The van der Waals surface area contributed by atoms with Gasteiger partial charge in [0.1, 0.15) is 11.3 Å². The standard InChI is InChI=1S/C15H18FN3O2/c1-19(2)8-15(6-7-15)9-21-14-17-12-10(13(20)18-14)4-3-5-11(12)16/h3-5H,6-9H2,1-2H3,(H,17,18,20). The summed E-state index contributed by atoms with van der Waals surface area (Å²) in [7, 11) is 4.04. The first-order chi connectivity index (χ1) is 9.99. The molecule has 1 N–H and O–H groups in total. The van der Waals surface area contributed by atoms with Crippen LogP contribution in [0.5, 0.6) is 6.01 Å². The quantitative estimate of drug-likeness (QED) is 0.912. The van der Waals surface area contributed by atoms with Gasteiger partial charge in [0.2, 0.25) is 0 Å². The first kappa shape index (κ1) is 14.0. The third-order valence-corrected chi connectivity index (χ3v) is 3.79. The minimum atomic E-state index is -0.516. The summed E-state index contributed by atoms with van der Waals surface area (Å²) < 4.78 is 19.3. The van der Waals surface area contributed by atoms with E-state index in [1.165, 1.54) is 12.1 Å². The van der Waals surface area contributed by atoms with E-state index in [4.69, 9.17) is 4.74 Å². The SMILES string of the molecule is CN(C)CC1(COc2nc3c(F)cccc3c(=O)[nH]2)CC1. The van der Waals surface area contributed by atoms with Gasteiger partial charge < -0.3 is 9.64 Å². The maximum atomic E-state index is 13.7. The summed E-state index contributed by atoms with van der Waals surface area (Å²) in [6, 6.07) is 4.41. The van der Waals surface area contributed by atoms with Gasteiger partial charge in [0.25, 0.3) is 11.6 Å². The van der Waals surface area contributed by atoms with E-state index >= 15 is 0 Å². The fourth-order valence-corrected chi connectivity index (χ4v) is 2.59. The van der Waals surface area contributed by atoms with Crippen LogP contribution in [0.15, 0.2) is 23.0 Å². The number of benzene rings is 1.